The first-order valence-corrected chi connectivity index (χ1v) is 5.69. The summed E-state index contributed by atoms with van der Waals surface area (Å²) in [5, 5.41) is 1.38. The van der Waals surface area contributed by atoms with Gasteiger partial charge in [0.2, 0.25) is 0 Å². The van der Waals surface area contributed by atoms with Gasteiger partial charge in [-0.3, -0.25) is 0 Å². The highest BCUT2D eigenvalue weighted by atomic mass is 32.1. The quantitative estimate of drug-likeness (QED) is 0.651. The van der Waals surface area contributed by atoms with E-state index in [1.54, 1.807) is 0 Å². The van der Waals surface area contributed by atoms with Crippen molar-refractivity contribution in [3.8, 4) is 0 Å². The summed E-state index contributed by atoms with van der Waals surface area (Å²) in [4.78, 5) is 3.48. The number of para-hydroxylation sites is 1. The van der Waals surface area contributed by atoms with Crippen molar-refractivity contribution in [2.24, 2.45) is 0 Å². The molecule has 1 aliphatic heterocycles. The molecule has 2 heterocycles. The highest BCUT2D eigenvalue weighted by Crippen LogP contribution is 2.30. The highest BCUT2D eigenvalue weighted by molar-refractivity contribution is 7.77. The lowest BCUT2D eigenvalue weighted by Gasteiger charge is -2.28. The molecule has 3 rings (SSSR count). The Morgan fingerprint density at radius 2 is 2.20 bits per heavy atom. The first-order chi connectivity index (χ1) is 7.25. The predicted octanol–water partition coefficient (Wildman–Crippen LogP) is 2.76. The van der Waals surface area contributed by atoms with Crippen molar-refractivity contribution < 1.29 is 0 Å². The number of aromatic amines is 1. The number of thiol groups is 1. The predicted molar refractivity (Wildman–Crippen MR) is 66.0 cm³/mol. The first kappa shape index (κ1) is 9.31. The number of aromatic nitrogens is 1. The Morgan fingerprint density at radius 3 is 3.07 bits per heavy atom. The van der Waals surface area contributed by atoms with Crippen LogP contribution >= 0.6 is 12.8 Å². The summed E-state index contributed by atoms with van der Waals surface area (Å²) in [7, 11) is 0. The summed E-state index contributed by atoms with van der Waals surface area (Å²) in [6, 6.07) is 9.03. The Hall–Kier alpha value is -0.930. The van der Waals surface area contributed by atoms with Gasteiger partial charge in [0.1, 0.15) is 0 Å². The van der Waals surface area contributed by atoms with Crippen molar-refractivity contribution in [3.05, 3.63) is 35.5 Å². The molecule has 0 bridgehead atoms. The molecule has 0 aliphatic carbocycles. The standard InChI is InChI=1S/C12H14N2S/c1-8-6-10-9-4-2-3-5-11(9)13-12(10)7-14(8)15/h2-5,8,13,15H,6-7H2,1H3/t8-/m1/s1. The van der Waals surface area contributed by atoms with Crippen molar-refractivity contribution in [1.29, 1.82) is 0 Å². The third kappa shape index (κ3) is 1.38. The maximum atomic E-state index is 4.48. The van der Waals surface area contributed by atoms with Gasteiger partial charge in [-0.1, -0.05) is 31.0 Å². The van der Waals surface area contributed by atoms with Gasteiger partial charge in [-0.2, -0.15) is 0 Å². The van der Waals surface area contributed by atoms with Crippen LogP contribution in [-0.2, 0) is 13.0 Å². The molecule has 1 aromatic heterocycles. The van der Waals surface area contributed by atoms with E-state index in [4.69, 9.17) is 0 Å². The van der Waals surface area contributed by atoms with E-state index in [1.807, 2.05) is 0 Å². The van der Waals surface area contributed by atoms with Crippen LogP contribution in [0.5, 0.6) is 0 Å². The molecule has 0 radical (unpaired) electrons. The zero-order chi connectivity index (χ0) is 10.4. The molecule has 1 aliphatic rings. The fourth-order valence-corrected chi connectivity index (χ4v) is 2.57. The molecule has 1 aromatic carbocycles. The SMILES string of the molecule is C[C@@H]1Cc2c([nH]c3ccccc23)CN1S. The number of hydrogen-bond acceptors (Lipinski definition) is 2. The van der Waals surface area contributed by atoms with E-state index in [-0.39, 0.29) is 0 Å². The minimum Gasteiger partial charge on any atom is -0.357 e. The van der Waals surface area contributed by atoms with E-state index >= 15 is 0 Å². The second-order valence-corrected chi connectivity index (χ2v) is 4.79. The number of nitrogens with one attached hydrogen (secondary N) is 1. The Bertz CT molecular complexity index is 503. The summed E-state index contributed by atoms with van der Waals surface area (Å²) < 4.78 is 2.09. The number of H-pyrrole nitrogens is 1. The van der Waals surface area contributed by atoms with Crippen LogP contribution in [0.1, 0.15) is 18.2 Å². The van der Waals surface area contributed by atoms with Crippen LogP contribution in [0.3, 0.4) is 0 Å². The maximum absolute atomic E-state index is 4.48. The average molecular weight is 218 g/mol. The van der Waals surface area contributed by atoms with Gasteiger partial charge >= 0.3 is 0 Å². The Balaban J connectivity index is 2.21. The molecule has 0 amide bonds. The van der Waals surface area contributed by atoms with E-state index in [0.717, 1.165) is 13.0 Å². The van der Waals surface area contributed by atoms with Gasteiger partial charge in [-0.25, -0.2) is 4.31 Å². The van der Waals surface area contributed by atoms with Crippen molar-refractivity contribution in [3.63, 3.8) is 0 Å². The van der Waals surface area contributed by atoms with Gasteiger partial charge in [0.25, 0.3) is 0 Å². The Morgan fingerprint density at radius 1 is 1.40 bits per heavy atom. The molecule has 0 fully saturated rings. The minimum absolute atomic E-state index is 0.514. The first-order valence-electron chi connectivity index (χ1n) is 5.29. The molecule has 0 saturated heterocycles. The van der Waals surface area contributed by atoms with Crippen molar-refractivity contribution in [1.82, 2.24) is 9.29 Å². The Labute approximate surface area is 94.8 Å². The largest absolute Gasteiger partial charge is 0.357 e. The van der Waals surface area contributed by atoms with Crippen molar-refractivity contribution in [2.45, 2.75) is 25.9 Å². The van der Waals surface area contributed by atoms with Crippen LogP contribution < -0.4 is 0 Å². The van der Waals surface area contributed by atoms with Crippen molar-refractivity contribution in [2.75, 3.05) is 0 Å². The summed E-state index contributed by atoms with van der Waals surface area (Å²) in [6.45, 7) is 3.13. The normalized spacial score (nSPS) is 21.9. The maximum Gasteiger partial charge on any atom is 0.0495 e. The summed E-state index contributed by atoms with van der Waals surface area (Å²) in [5.41, 5.74) is 4.05. The Kier molecular flexibility index (Phi) is 2.04. The van der Waals surface area contributed by atoms with Gasteiger partial charge in [-0.05, 0) is 25.0 Å². The number of benzene rings is 1. The van der Waals surface area contributed by atoms with E-state index in [1.165, 1.54) is 22.2 Å². The molecule has 0 unspecified atom stereocenters. The van der Waals surface area contributed by atoms with E-state index < -0.39 is 0 Å². The molecule has 15 heavy (non-hydrogen) atoms. The molecule has 1 N–H and O–H groups in total. The van der Waals surface area contributed by atoms with Crippen LogP contribution in [0.4, 0.5) is 0 Å². The van der Waals surface area contributed by atoms with E-state index in [2.05, 4.69) is 53.3 Å². The molecule has 0 spiro atoms. The van der Waals surface area contributed by atoms with Gasteiger partial charge in [0, 0.05) is 29.2 Å². The van der Waals surface area contributed by atoms with Crippen LogP contribution in [0.25, 0.3) is 10.9 Å². The van der Waals surface area contributed by atoms with Gasteiger partial charge in [-0.15, -0.1) is 0 Å². The number of nitrogens with zero attached hydrogens (tertiary/aromatic N) is 1. The topological polar surface area (TPSA) is 19.0 Å². The van der Waals surface area contributed by atoms with Gasteiger partial charge < -0.3 is 4.98 Å². The zero-order valence-corrected chi connectivity index (χ0v) is 9.59. The monoisotopic (exact) mass is 218 g/mol. The highest BCUT2D eigenvalue weighted by Gasteiger charge is 2.23. The molecule has 1 atom stereocenters. The lowest BCUT2D eigenvalue weighted by atomic mass is 10.00. The molecule has 2 nitrogen and oxygen atoms in total. The zero-order valence-electron chi connectivity index (χ0n) is 8.70. The molecular formula is C12H14N2S. The summed E-state index contributed by atoms with van der Waals surface area (Å²) in [5.74, 6) is 0. The van der Waals surface area contributed by atoms with E-state index in [9.17, 15) is 0 Å². The lowest BCUT2D eigenvalue weighted by molar-refractivity contribution is 0.345. The minimum atomic E-state index is 0.514. The summed E-state index contributed by atoms with van der Waals surface area (Å²) in [6.07, 6.45) is 1.09. The summed E-state index contributed by atoms with van der Waals surface area (Å²) >= 11 is 4.48. The van der Waals surface area contributed by atoms with Crippen LogP contribution in [-0.4, -0.2) is 15.3 Å². The molecule has 2 aromatic rings. The molecule has 0 saturated carbocycles. The molecule has 78 valence electrons. The average Bonchev–Trinajstić information content (AvgIpc) is 2.57. The van der Waals surface area contributed by atoms with Crippen LogP contribution in [0.15, 0.2) is 24.3 Å². The third-order valence-corrected chi connectivity index (χ3v) is 3.77. The van der Waals surface area contributed by atoms with Crippen LogP contribution in [0.2, 0.25) is 0 Å². The third-order valence-electron chi connectivity index (χ3n) is 3.23. The second-order valence-electron chi connectivity index (χ2n) is 4.28. The fraction of sp³-hybridized carbons (Fsp3) is 0.333. The van der Waals surface area contributed by atoms with Crippen molar-refractivity contribution >= 4 is 23.7 Å². The molecule has 3 heteroatoms. The smallest absolute Gasteiger partial charge is 0.0495 e. The van der Waals surface area contributed by atoms with E-state index in [0.29, 0.717) is 6.04 Å². The second kappa shape index (κ2) is 3.29. The van der Waals surface area contributed by atoms with Gasteiger partial charge in [0.15, 0.2) is 0 Å². The van der Waals surface area contributed by atoms with Gasteiger partial charge in [0.05, 0.1) is 0 Å². The van der Waals surface area contributed by atoms with Crippen LogP contribution in [0, 0.1) is 0 Å². The lowest BCUT2D eigenvalue weighted by Crippen LogP contribution is -2.30. The molecular weight excluding hydrogens is 204 g/mol. The number of rotatable bonds is 0. The fourth-order valence-electron chi connectivity index (χ4n) is 2.34. The number of fused-ring (bicyclic) bond motifs is 3. The number of hydrogen-bond donors (Lipinski definition) is 2.